The summed E-state index contributed by atoms with van der Waals surface area (Å²) in [7, 11) is 0. The van der Waals surface area contributed by atoms with E-state index < -0.39 is 0 Å². The maximum Gasteiger partial charge on any atom is 0.251 e. The van der Waals surface area contributed by atoms with Crippen molar-refractivity contribution in [1.29, 1.82) is 0 Å². The first-order chi connectivity index (χ1) is 12.1. The van der Waals surface area contributed by atoms with Gasteiger partial charge in [-0.15, -0.1) is 0 Å². The summed E-state index contributed by atoms with van der Waals surface area (Å²) in [6.45, 7) is 3.15. The molecular weight excluding hydrogens is 316 g/mol. The number of amides is 2. The lowest BCUT2D eigenvalue weighted by Gasteiger charge is -2.25. The Morgan fingerprint density at radius 3 is 2.60 bits per heavy atom. The van der Waals surface area contributed by atoms with E-state index in [1.165, 1.54) is 12.5 Å². The summed E-state index contributed by atoms with van der Waals surface area (Å²) in [6.07, 6.45) is 0.909. The summed E-state index contributed by atoms with van der Waals surface area (Å²) in [5.41, 5.74) is 2.77. The Bertz CT molecular complexity index is 756. The minimum absolute atomic E-state index is 0.0712. The summed E-state index contributed by atoms with van der Waals surface area (Å²) in [4.78, 5) is 23.2. The number of para-hydroxylation sites is 1. The molecule has 0 saturated carbocycles. The quantitative estimate of drug-likeness (QED) is 0.879. The molecule has 2 amide bonds. The van der Waals surface area contributed by atoms with Gasteiger partial charge in [0.05, 0.1) is 6.61 Å². The Morgan fingerprint density at radius 2 is 1.84 bits per heavy atom. The number of nitrogens with one attached hydrogen (secondary N) is 2. The second-order valence-electron chi connectivity index (χ2n) is 6.31. The van der Waals surface area contributed by atoms with E-state index in [-0.39, 0.29) is 17.7 Å². The summed E-state index contributed by atoms with van der Waals surface area (Å²) in [6, 6.07) is 15.3. The van der Waals surface area contributed by atoms with Crippen LogP contribution < -0.4 is 15.4 Å². The molecule has 3 rings (SSSR count). The fourth-order valence-corrected chi connectivity index (χ4v) is 2.86. The molecule has 1 atom stereocenters. The molecule has 5 heteroatoms. The molecule has 1 unspecified atom stereocenters. The van der Waals surface area contributed by atoms with Crippen LogP contribution >= 0.6 is 0 Å². The normalized spacial score (nSPS) is 15.6. The molecule has 25 heavy (non-hydrogen) atoms. The lowest BCUT2D eigenvalue weighted by Crippen LogP contribution is -2.34. The first kappa shape index (κ1) is 17.0. The molecule has 2 N–H and O–H groups in total. The van der Waals surface area contributed by atoms with Crippen LogP contribution in [0.4, 0.5) is 0 Å². The van der Waals surface area contributed by atoms with Crippen molar-refractivity contribution >= 4 is 11.8 Å². The molecule has 0 saturated heterocycles. The Morgan fingerprint density at radius 1 is 1.08 bits per heavy atom. The third-order valence-corrected chi connectivity index (χ3v) is 4.26. The van der Waals surface area contributed by atoms with Gasteiger partial charge in [-0.3, -0.25) is 9.59 Å². The van der Waals surface area contributed by atoms with Crippen LogP contribution in [0.25, 0.3) is 0 Å². The van der Waals surface area contributed by atoms with Crippen LogP contribution in [-0.4, -0.2) is 25.0 Å². The standard InChI is InChI=1S/C20H22N2O3/c1-14(23)21-11-15-6-8-17(9-7-15)20(24)22-12-16-10-18-4-2-3-5-19(18)25-13-16/h2-9,16H,10-13H2,1H3,(H,21,23)(H,22,24). The monoisotopic (exact) mass is 338 g/mol. The van der Waals surface area contributed by atoms with Gasteiger partial charge in [0.15, 0.2) is 0 Å². The molecule has 0 bridgehead atoms. The van der Waals surface area contributed by atoms with E-state index in [4.69, 9.17) is 4.74 Å². The van der Waals surface area contributed by atoms with Gasteiger partial charge in [-0.25, -0.2) is 0 Å². The van der Waals surface area contributed by atoms with Crippen molar-refractivity contribution in [3.63, 3.8) is 0 Å². The fraction of sp³-hybridized carbons (Fsp3) is 0.300. The molecule has 1 aliphatic rings. The summed E-state index contributed by atoms with van der Waals surface area (Å²) in [5.74, 6) is 1.06. The van der Waals surface area contributed by atoms with E-state index in [9.17, 15) is 9.59 Å². The minimum atomic E-state index is -0.0927. The van der Waals surface area contributed by atoms with Crippen molar-refractivity contribution in [3.8, 4) is 5.75 Å². The van der Waals surface area contributed by atoms with Gasteiger partial charge in [0.1, 0.15) is 5.75 Å². The fourth-order valence-electron chi connectivity index (χ4n) is 2.86. The third kappa shape index (κ3) is 4.59. The molecule has 1 heterocycles. The summed E-state index contributed by atoms with van der Waals surface area (Å²) < 4.78 is 5.75. The number of carbonyl (C=O) groups is 2. The highest BCUT2D eigenvalue weighted by atomic mass is 16.5. The summed E-state index contributed by atoms with van der Waals surface area (Å²) >= 11 is 0. The molecule has 0 radical (unpaired) electrons. The highest BCUT2D eigenvalue weighted by molar-refractivity contribution is 5.94. The average molecular weight is 338 g/mol. The highest BCUT2D eigenvalue weighted by Gasteiger charge is 2.20. The van der Waals surface area contributed by atoms with Crippen LogP contribution in [0.15, 0.2) is 48.5 Å². The Hall–Kier alpha value is -2.82. The van der Waals surface area contributed by atoms with Crippen LogP contribution in [0.3, 0.4) is 0 Å². The van der Waals surface area contributed by atoms with Crippen molar-refractivity contribution in [2.24, 2.45) is 5.92 Å². The predicted octanol–water partition coefficient (Wildman–Crippen LogP) is 2.30. The van der Waals surface area contributed by atoms with Crippen molar-refractivity contribution in [2.75, 3.05) is 13.2 Å². The molecule has 0 aliphatic carbocycles. The second-order valence-corrected chi connectivity index (χ2v) is 6.31. The molecule has 5 nitrogen and oxygen atoms in total. The smallest absolute Gasteiger partial charge is 0.251 e. The second kappa shape index (κ2) is 7.83. The van der Waals surface area contributed by atoms with E-state index in [2.05, 4.69) is 16.7 Å². The van der Waals surface area contributed by atoms with Gasteiger partial charge in [0.25, 0.3) is 5.91 Å². The zero-order chi connectivity index (χ0) is 17.6. The molecule has 0 spiro atoms. The lowest BCUT2D eigenvalue weighted by molar-refractivity contribution is -0.119. The van der Waals surface area contributed by atoms with E-state index in [1.807, 2.05) is 30.3 Å². The number of carbonyl (C=O) groups excluding carboxylic acids is 2. The van der Waals surface area contributed by atoms with Crippen LogP contribution in [0.5, 0.6) is 5.75 Å². The number of ether oxygens (including phenoxy) is 1. The molecular formula is C20H22N2O3. The summed E-state index contributed by atoms with van der Waals surface area (Å²) in [5, 5.41) is 5.71. The Balaban J connectivity index is 1.50. The average Bonchev–Trinajstić information content (AvgIpc) is 2.64. The van der Waals surface area contributed by atoms with Crippen LogP contribution in [-0.2, 0) is 17.8 Å². The zero-order valence-corrected chi connectivity index (χ0v) is 14.2. The highest BCUT2D eigenvalue weighted by Crippen LogP contribution is 2.26. The largest absolute Gasteiger partial charge is 0.493 e. The number of hydrogen-bond acceptors (Lipinski definition) is 3. The van der Waals surface area contributed by atoms with Crippen molar-refractivity contribution in [1.82, 2.24) is 10.6 Å². The van der Waals surface area contributed by atoms with Crippen molar-refractivity contribution in [3.05, 3.63) is 65.2 Å². The number of fused-ring (bicyclic) bond motifs is 1. The topological polar surface area (TPSA) is 67.4 Å². The Labute approximate surface area is 147 Å². The Kier molecular flexibility index (Phi) is 5.33. The van der Waals surface area contributed by atoms with Crippen LogP contribution in [0, 0.1) is 5.92 Å². The number of rotatable bonds is 5. The van der Waals surface area contributed by atoms with Gasteiger partial charge < -0.3 is 15.4 Å². The van der Waals surface area contributed by atoms with Crippen LogP contribution in [0.1, 0.15) is 28.4 Å². The molecule has 130 valence electrons. The van der Waals surface area contributed by atoms with Crippen molar-refractivity contribution < 1.29 is 14.3 Å². The van der Waals surface area contributed by atoms with E-state index in [0.717, 1.165) is 17.7 Å². The van der Waals surface area contributed by atoms with Gasteiger partial charge in [0, 0.05) is 31.5 Å². The molecule has 2 aromatic rings. The SMILES string of the molecule is CC(=O)NCc1ccc(C(=O)NCC2COc3ccccc3C2)cc1. The first-order valence-corrected chi connectivity index (χ1v) is 8.44. The molecule has 1 aliphatic heterocycles. The van der Waals surface area contributed by atoms with Crippen molar-refractivity contribution in [2.45, 2.75) is 19.9 Å². The minimum Gasteiger partial charge on any atom is -0.493 e. The number of benzene rings is 2. The maximum atomic E-state index is 12.3. The van der Waals surface area contributed by atoms with E-state index in [1.54, 1.807) is 12.1 Å². The van der Waals surface area contributed by atoms with Gasteiger partial charge in [-0.05, 0) is 35.7 Å². The number of hydrogen-bond donors (Lipinski definition) is 2. The van der Waals surface area contributed by atoms with Gasteiger partial charge in [-0.2, -0.15) is 0 Å². The maximum absolute atomic E-state index is 12.3. The van der Waals surface area contributed by atoms with E-state index >= 15 is 0 Å². The molecule has 0 fully saturated rings. The molecule has 2 aromatic carbocycles. The van der Waals surface area contributed by atoms with Gasteiger partial charge >= 0.3 is 0 Å². The van der Waals surface area contributed by atoms with Gasteiger partial charge in [0.2, 0.25) is 5.91 Å². The van der Waals surface area contributed by atoms with Crippen LogP contribution in [0.2, 0.25) is 0 Å². The zero-order valence-electron chi connectivity index (χ0n) is 14.2. The predicted molar refractivity (Wildman–Crippen MR) is 95.4 cm³/mol. The van der Waals surface area contributed by atoms with Gasteiger partial charge in [-0.1, -0.05) is 30.3 Å². The lowest BCUT2D eigenvalue weighted by atomic mass is 9.96. The molecule has 0 aromatic heterocycles. The first-order valence-electron chi connectivity index (χ1n) is 8.44. The third-order valence-electron chi connectivity index (χ3n) is 4.26. The van der Waals surface area contributed by atoms with E-state index in [0.29, 0.717) is 25.3 Å².